The van der Waals surface area contributed by atoms with Crippen molar-refractivity contribution in [3.8, 4) is 0 Å². The van der Waals surface area contributed by atoms with E-state index in [9.17, 15) is 28.2 Å². The van der Waals surface area contributed by atoms with Gasteiger partial charge >= 0.3 is 12.1 Å². The standard InChI is InChI=1S/C29H32F3N5O3.Fe/c30-29(31,32)21-11-13-22(14-12-21)35-27(38)19-36(17-23-7-3-5-15-33-23)25-9-1-2-10-26(25)37(20-28(39)40)18-24-8-4-6-16-34-24;/h3-8,11-16,25-26H,1-2,9-10,17-20H2,(H,35,38)(H,39,40);/t25-,26?;/m1./s1. The zero-order chi connectivity index (χ0) is 28.5. The van der Waals surface area contributed by atoms with Crippen molar-refractivity contribution in [1.82, 2.24) is 19.8 Å². The van der Waals surface area contributed by atoms with E-state index in [0.717, 1.165) is 49.2 Å². The number of carboxylic acid groups (broad SMARTS) is 1. The second-order valence-corrected chi connectivity index (χ2v) is 9.84. The van der Waals surface area contributed by atoms with Crippen molar-refractivity contribution in [3.63, 3.8) is 0 Å². The molecule has 2 aromatic heterocycles. The first kappa shape index (κ1) is 32.2. The largest absolute Gasteiger partial charge is 0.495 e. The minimum atomic E-state index is -4.46. The van der Waals surface area contributed by atoms with Gasteiger partial charge in [0.2, 0.25) is 5.90 Å². The Morgan fingerprint density at radius 2 is 1.34 bits per heavy atom. The van der Waals surface area contributed by atoms with E-state index in [0.29, 0.717) is 13.1 Å². The first-order chi connectivity index (χ1) is 19.2. The molecule has 0 bridgehead atoms. The van der Waals surface area contributed by atoms with E-state index < -0.39 is 17.7 Å². The topological polar surface area (TPSA) is 102 Å². The van der Waals surface area contributed by atoms with Crippen molar-refractivity contribution in [2.45, 2.75) is 57.0 Å². The van der Waals surface area contributed by atoms with Gasteiger partial charge in [-0.3, -0.25) is 24.6 Å². The number of carbonyl (C=O) groups is 1. The van der Waals surface area contributed by atoms with Crippen LogP contribution in [0.2, 0.25) is 0 Å². The molecule has 2 N–H and O–H groups in total. The van der Waals surface area contributed by atoms with Crippen molar-refractivity contribution in [2.75, 3.05) is 13.1 Å². The molecule has 2 atom stereocenters. The van der Waals surface area contributed by atoms with E-state index in [1.54, 1.807) is 12.4 Å². The maximum Gasteiger partial charge on any atom is 0.416 e. The molecule has 1 unspecified atom stereocenters. The number of aliphatic hydroxyl groups is 1. The summed E-state index contributed by atoms with van der Waals surface area (Å²) >= 11 is 0. The number of alkyl halides is 3. The van der Waals surface area contributed by atoms with E-state index in [2.05, 4.69) is 15.0 Å². The Morgan fingerprint density at radius 1 is 0.829 bits per heavy atom. The van der Waals surface area contributed by atoms with Crippen molar-refractivity contribution in [2.24, 2.45) is 4.99 Å². The summed E-state index contributed by atoms with van der Waals surface area (Å²) < 4.78 is 38.8. The summed E-state index contributed by atoms with van der Waals surface area (Å²) in [6, 6.07) is 15.1. The quantitative estimate of drug-likeness (QED) is 0.168. The smallest absolute Gasteiger partial charge is 0.416 e. The predicted molar refractivity (Wildman–Crippen MR) is 144 cm³/mol. The fourth-order valence-electron chi connectivity index (χ4n) is 5.19. The van der Waals surface area contributed by atoms with Crippen molar-refractivity contribution >= 4 is 17.6 Å². The van der Waals surface area contributed by atoms with E-state index in [-0.39, 0.29) is 53.8 Å². The molecule has 12 heteroatoms. The van der Waals surface area contributed by atoms with Gasteiger partial charge in [0.15, 0.2) is 0 Å². The Morgan fingerprint density at radius 3 is 1.78 bits per heavy atom. The number of rotatable bonds is 11. The molecule has 2 heterocycles. The van der Waals surface area contributed by atoms with Crippen LogP contribution in [0.1, 0.15) is 42.6 Å². The Kier molecular flexibility index (Phi) is 11.8. The van der Waals surface area contributed by atoms with Crippen LogP contribution in [-0.4, -0.2) is 67.0 Å². The Balaban J connectivity index is 0.00000462. The molecule has 8 nitrogen and oxygen atoms in total. The predicted octanol–water partition coefficient (Wildman–Crippen LogP) is 5.48. The van der Waals surface area contributed by atoms with Gasteiger partial charge < -0.3 is 10.2 Å². The molecule has 1 aliphatic carbocycles. The van der Waals surface area contributed by atoms with E-state index >= 15 is 0 Å². The van der Waals surface area contributed by atoms with Crippen LogP contribution in [0, 0.1) is 0 Å². The molecule has 4 rings (SSSR count). The fourth-order valence-corrected chi connectivity index (χ4v) is 5.19. The fraction of sp³-hybridized carbons (Fsp3) is 0.379. The number of aromatic nitrogens is 2. The first-order valence-electron chi connectivity index (χ1n) is 13.1. The molecular formula is C29H32F3FeN5O3. The molecule has 0 amide bonds. The van der Waals surface area contributed by atoms with Crippen molar-refractivity contribution in [1.29, 1.82) is 0 Å². The van der Waals surface area contributed by atoms with E-state index in [4.69, 9.17) is 0 Å². The number of halogens is 3. The summed E-state index contributed by atoms with van der Waals surface area (Å²) in [5.41, 5.74) is 0.935. The number of hydrogen-bond donors (Lipinski definition) is 2. The normalized spacial score (nSPS) is 17.8. The van der Waals surface area contributed by atoms with Crippen LogP contribution in [0.15, 0.2) is 78.0 Å². The number of hydrogen-bond acceptors (Lipinski definition) is 6. The minimum Gasteiger partial charge on any atom is -0.495 e. The number of carboxylic acids is 1. The molecule has 0 radical (unpaired) electrons. The monoisotopic (exact) mass is 611 g/mol. The summed E-state index contributed by atoms with van der Waals surface area (Å²) in [4.78, 5) is 28.8. The number of pyridine rings is 2. The first-order valence-corrected chi connectivity index (χ1v) is 13.1. The van der Waals surface area contributed by atoms with Crippen LogP contribution in [0.25, 0.3) is 0 Å². The van der Waals surface area contributed by atoms with Gasteiger partial charge in [-0.25, -0.2) is 4.99 Å². The molecule has 3 aromatic rings. The summed E-state index contributed by atoms with van der Waals surface area (Å²) in [7, 11) is 0. The number of aliphatic imine (C=N–C) groups is 1. The maximum absolute atomic E-state index is 12.9. The number of nitrogens with zero attached hydrogens (tertiary/aromatic N) is 5. The number of benzene rings is 1. The Hall–Kier alpha value is -3.31. The molecule has 0 saturated heterocycles. The maximum atomic E-state index is 12.9. The summed E-state index contributed by atoms with van der Waals surface area (Å²) in [6.07, 6.45) is 2.29. The van der Waals surface area contributed by atoms with Gasteiger partial charge in [0.25, 0.3) is 0 Å². The van der Waals surface area contributed by atoms with Gasteiger partial charge in [-0.1, -0.05) is 25.0 Å². The molecule has 1 fully saturated rings. The van der Waals surface area contributed by atoms with Gasteiger partial charge in [-0.2, -0.15) is 13.2 Å². The van der Waals surface area contributed by atoms with Crippen LogP contribution in [-0.2, 0) is 41.1 Å². The van der Waals surface area contributed by atoms with Crippen molar-refractivity contribution in [3.05, 3.63) is 90.0 Å². The minimum absolute atomic E-state index is 0. The van der Waals surface area contributed by atoms with Gasteiger partial charge in [0, 0.05) is 54.6 Å². The summed E-state index contributed by atoms with van der Waals surface area (Å²) in [5, 5.41) is 20.6. The number of aliphatic carboxylic acids is 1. The average molecular weight is 611 g/mol. The van der Waals surface area contributed by atoms with E-state index in [1.807, 2.05) is 46.2 Å². The Labute approximate surface area is 247 Å². The molecule has 0 spiro atoms. The van der Waals surface area contributed by atoms with Gasteiger partial charge in [-0.05, 0) is 61.4 Å². The number of aliphatic hydroxyl groups excluding tert-OH is 1. The zero-order valence-corrected chi connectivity index (χ0v) is 23.4. The average Bonchev–Trinajstić information content (AvgIpc) is 2.93. The Bertz CT molecular complexity index is 1260. The summed E-state index contributed by atoms with van der Waals surface area (Å²) in [5.74, 6) is -1.20. The van der Waals surface area contributed by atoms with Gasteiger partial charge in [-0.15, -0.1) is 0 Å². The zero-order valence-electron chi connectivity index (χ0n) is 22.3. The third-order valence-electron chi connectivity index (χ3n) is 6.95. The van der Waals surface area contributed by atoms with Crippen LogP contribution in [0.5, 0.6) is 0 Å². The second kappa shape index (κ2) is 15.1. The SMILES string of the molecule is O=C(O)CN(Cc1ccccn1)C1CCCC[C@H]1N(CC(O)=Nc1ccc(C(F)(F)F)cc1)Cc1ccccn1.[Fe]. The molecule has 1 aromatic carbocycles. The molecule has 1 aliphatic rings. The molecule has 220 valence electrons. The van der Waals surface area contributed by atoms with Crippen LogP contribution in [0.4, 0.5) is 18.9 Å². The van der Waals surface area contributed by atoms with Crippen LogP contribution < -0.4 is 0 Å². The molecule has 41 heavy (non-hydrogen) atoms. The van der Waals surface area contributed by atoms with Crippen LogP contribution in [0.3, 0.4) is 0 Å². The molecule has 0 aliphatic heterocycles. The third-order valence-corrected chi connectivity index (χ3v) is 6.95. The van der Waals surface area contributed by atoms with Gasteiger partial charge in [0.1, 0.15) is 0 Å². The molecular weight excluding hydrogens is 579 g/mol. The van der Waals surface area contributed by atoms with Crippen molar-refractivity contribution < 1.29 is 45.2 Å². The van der Waals surface area contributed by atoms with E-state index in [1.165, 1.54) is 12.1 Å². The second-order valence-electron chi connectivity index (χ2n) is 9.84. The van der Waals surface area contributed by atoms with Crippen LogP contribution >= 0.6 is 0 Å². The third kappa shape index (κ3) is 9.64. The van der Waals surface area contributed by atoms with Gasteiger partial charge in [0.05, 0.1) is 35.7 Å². The summed E-state index contributed by atoms with van der Waals surface area (Å²) in [6.45, 7) is 0.584. The molecule has 1 saturated carbocycles.